The van der Waals surface area contributed by atoms with Crippen molar-refractivity contribution in [1.82, 2.24) is 15.2 Å². The van der Waals surface area contributed by atoms with Gasteiger partial charge in [0.1, 0.15) is 0 Å². The van der Waals surface area contributed by atoms with Crippen molar-refractivity contribution < 1.29 is 23.9 Å². The molecule has 2 heterocycles. The molecule has 2 rings (SSSR count). The number of nitrogens with zero attached hydrogens (tertiary/aromatic N) is 2. The van der Waals surface area contributed by atoms with Crippen LogP contribution in [0.25, 0.3) is 0 Å². The van der Waals surface area contributed by atoms with Crippen LogP contribution < -0.4 is 10.6 Å². The second-order valence-electron chi connectivity index (χ2n) is 6.14. The standard InChI is InChI=1S/C17H26N4O5S/c1-25-9-6-18-15(23)12-21(11-13-3-2-8-26-13)16(24)5-4-14(22)20-17-19-7-10-27-17/h7,10,13H,2-6,8-9,11-12H2,1H3,(H,18,23)(H,19,20,22). The maximum atomic E-state index is 12.6. The van der Waals surface area contributed by atoms with E-state index in [0.717, 1.165) is 12.8 Å². The van der Waals surface area contributed by atoms with Crippen molar-refractivity contribution in [2.24, 2.45) is 0 Å². The lowest BCUT2D eigenvalue weighted by Crippen LogP contribution is -2.44. The molecule has 0 radical (unpaired) electrons. The molecule has 27 heavy (non-hydrogen) atoms. The third kappa shape index (κ3) is 8.02. The van der Waals surface area contributed by atoms with Gasteiger partial charge >= 0.3 is 0 Å². The molecule has 1 aromatic rings. The summed E-state index contributed by atoms with van der Waals surface area (Å²) in [5.74, 6) is -0.785. The zero-order chi connectivity index (χ0) is 19.5. The highest BCUT2D eigenvalue weighted by Gasteiger charge is 2.24. The Kier molecular flexibility index (Phi) is 9.16. The van der Waals surface area contributed by atoms with Crippen molar-refractivity contribution in [3.63, 3.8) is 0 Å². The van der Waals surface area contributed by atoms with E-state index >= 15 is 0 Å². The number of carbonyl (C=O) groups is 3. The highest BCUT2D eigenvalue weighted by molar-refractivity contribution is 7.13. The Balaban J connectivity index is 1.83. The summed E-state index contributed by atoms with van der Waals surface area (Å²) >= 11 is 1.31. The first kappa shape index (κ1) is 21.3. The Hall–Kier alpha value is -2.04. The largest absolute Gasteiger partial charge is 0.383 e. The van der Waals surface area contributed by atoms with E-state index in [9.17, 15) is 14.4 Å². The minimum Gasteiger partial charge on any atom is -0.383 e. The van der Waals surface area contributed by atoms with Crippen LogP contribution in [0.5, 0.6) is 0 Å². The van der Waals surface area contributed by atoms with Gasteiger partial charge in [-0.1, -0.05) is 0 Å². The smallest absolute Gasteiger partial charge is 0.239 e. The number of methoxy groups -OCH3 is 1. The summed E-state index contributed by atoms with van der Waals surface area (Å²) in [6.45, 7) is 1.75. The summed E-state index contributed by atoms with van der Waals surface area (Å²) in [6.07, 6.45) is 3.39. The first-order valence-electron chi connectivity index (χ1n) is 8.93. The number of thiazole rings is 1. The van der Waals surface area contributed by atoms with E-state index in [4.69, 9.17) is 9.47 Å². The lowest BCUT2D eigenvalue weighted by Gasteiger charge is -2.25. The number of ether oxygens (including phenoxy) is 2. The highest BCUT2D eigenvalue weighted by Crippen LogP contribution is 2.15. The van der Waals surface area contributed by atoms with E-state index in [1.54, 1.807) is 18.7 Å². The molecule has 1 aliphatic rings. The fourth-order valence-electron chi connectivity index (χ4n) is 2.66. The van der Waals surface area contributed by atoms with Crippen LogP contribution in [0, 0.1) is 0 Å². The first-order valence-corrected chi connectivity index (χ1v) is 9.81. The Morgan fingerprint density at radius 1 is 1.37 bits per heavy atom. The number of carbonyl (C=O) groups excluding carboxylic acids is 3. The van der Waals surface area contributed by atoms with Crippen molar-refractivity contribution >= 4 is 34.2 Å². The molecule has 150 valence electrons. The monoisotopic (exact) mass is 398 g/mol. The maximum Gasteiger partial charge on any atom is 0.239 e. The molecule has 0 saturated carbocycles. The average Bonchev–Trinajstić information content (AvgIpc) is 3.33. The number of aromatic nitrogens is 1. The summed E-state index contributed by atoms with van der Waals surface area (Å²) in [6, 6.07) is 0. The predicted octanol–water partition coefficient (Wildman–Crippen LogP) is 0.632. The van der Waals surface area contributed by atoms with Gasteiger partial charge in [-0.2, -0.15) is 0 Å². The molecule has 2 N–H and O–H groups in total. The maximum absolute atomic E-state index is 12.6. The molecule has 0 spiro atoms. The van der Waals surface area contributed by atoms with Crippen LogP contribution in [0.15, 0.2) is 11.6 Å². The first-order chi connectivity index (χ1) is 13.1. The zero-order valence-electron chi connectivity index (χ0n) is 15.4. The van der Waals surface area contributed by atoms with Crippen molar-refractivity contribution in [2.45, 2.75) is 31.8 Å². The molecule has 0 aliphatic carbocycles. The fourth-order valence-corrected chi connectivity index (χ4v) is 3.20. The number of rotatable bonds is 11. The third-order valence-electron chi connectivity index (χ3n) is 4.01. The molecule has 1 fully saturated rings. The zero-order valence-corrected chi connectivity index (χ0v) is 16.3. The molecule has 1 saturated heterocycles. The Bertz CT molecular complexity index is 604. The van der Waals surface area contributed by atoms with Gasteiger partial charge in [-0.05, 0) is 12.8 Å². The summed E-state index contributed by atoms with van der Waals surface area (Å²) in [5, 5.41) is 7.61. The number of hydrogen-bond acceptors (Lipinski definition) is 7. The minimum absolute atomic E-state index is 0.0231. The van der Waals surface area contributed by atoms with Crippen LogP contribution >= 0.6 is 11.3 Å². The van der Waals surface area contributed by atoms with E-state index in [2.05, 4.69) is 15.6 Å². The second-order valence-corrected chi connectivity index (χ2v) is 7.03. The number of anilines is 1. The van der Waals surface area contributed by atoms with Crippen LogP contribution in [0.4, 0.5) is 5.13 Å². The molecular formula is C17H26N4O5S. The molecule has 1 aromatic heterocycles. The normalized spacial score (nSPS) is 16.1. The van der Waals surface area contributed by atoms with Crippen molar-refractivity contribution in [1.29, 1.82) is 0 Å². The van der Waals surface area contributed by atoms with E-state index in [1.165, 1.54) is 16.2 Å². The lowest BCUT2D eigenvalue weighted by molar-refractivity contribution is -0.138. The third-order valence-corrected chi connectivity index (χ3v) is 4.70. The average molecular weight is 398 g/mol. The van der Waals surface area contributed by atoms with Gasteiger partial charge in [0, 0.05) is 51.2 Å². The van der Waals surface area contributed by atoms with Gasteiger partial charge < -0.3 is 25.0 Å². The molecule has 10 heteroatoms. The minimum atomic E-state index is -0.278. The van der Waals surface area contributed by atoms with Crippen LogP contribution in [-0.4, -0.2) is 73.7 Å². The number of hydrogen-bond donors (Lipinski definition) is 2. The second kappa shape index (κ2) is 11.6. The Labute approximate surface area is 162 Å². The predicted molar refractivity (Wildman–Crippen MR) is 100 cm³/mol. The summed E-state index contributed by atoms with van der Waals surface area (Å²) < 4.78 is 10.5. The highest BCUT2D eigenvalue weighted by atomic mass is 32.1. The van der Waals surface area contributed by atoms with Gasteiger partial charge in [-0.15, -0.1) is 11.3 Å². The Morgan fingerprint density at radius 3 is 2.89 bits per heavy atom. The van der Waals surface area contributed by atoms with Crippen LogP contribution in [0.1, 0.15) is 25.7 Å². The molecule has 9 nitrogen and oxygen atoms in total. The summed E-state index contributed by atoms with van der Waals surface area (Å²) in [4.78, 5) is 42.0. The van der Waals surface area contributed by atoms with Gasteiger partial charge in [0.05, 0.1) is 19.3 Å². The quantitative estimate of drug-likeness (QED) is 0.529. The van der Waals surface area contributed by atoms with E-state index < -0.39 is 0 Å². The summed E-state index contributed by atoms with van der Waals surface area (Å²) in [7, 11) is 1.55. The van der Waals surface area contributed by atoms with Gasteiger partial charge in [0.15, 0.2) is 5.13 Å². The fraction of sp³-hybridized carbons (Fsp3) is 0.647. The van der Waals surface area contributed by atoms with Crippen LogP contribution in [-0.2, 0) is 23.9 Å². The Morgan fingerprint density at radius 2 is 2.22 bits per heavy atom. The molecule has 3 amide bonds. The topological polar surface area (TPSA) is 110 Å². The molecule has 1 aliphatic heterocycles. The van der Waals surface area contributed by atoms with Crippen LogP contribution in [0.2, 0.25) is 0 Å². The van der Waals surface area contributed by atoms with E-state index in [1.807, 2.05) is 0 Å². The van der Waals surface area contributed by atoms with Crippen molar-refractivity contribution in [3.05, 3.63) is 11.6 Å². The summed E-state index contributed by atoms with van der Waals surface area (Å²) in [5.41, 5.74) is 0. The van der Waals surface area contributed by atoms with Crippen molar-refractivity contribution in [2.75, 3.05) is 45.3 Å². The van der Waals surface area contributed by atoms with Gasteiger partial charge in [-0.25, -0.2) is 4.98 Å². The van der Waals surface area contributed by atoms with Crippen LogP contribution in [0.3, 0.4) is 0 Å². The molecule has 0 bridgehead atoms. The van der Waals surface area contributed by atoms with Gasteiger partial charge in [0.2, 0.25) is 17.7 Å². The van der Waals surface area contributed by atoms with E-state index in [-0.39, 0.29) is 43.2 Å². The molecule has 1 atom stereocenters. The van der Waals surface area contributed by atoms with Crippen molar-refractivity contribution in [3.8, 4) is 0 Å². The lowest BCUT2D eigenvalue weighted by atomic mass is 10.2. The number of nitrogens with one attached hydrogen (secondary N) is 2. The molecule has 1 unspecified atom stereocenters. The molecule has 0 aromatic carbocycles. The van der Waals surface area contributed by atoms with Gasteiger partial charge in [-0.3, -0.25) is 14.4 Å². The van der Waals surface area contributed by atoms with E-state index in [0.29, 0.717) is 31.4 Å². The molecular weight excluding hydrogens is 372 g/mol. The number of amides is 3. The van der Waals surface area contributed by atoms with Gasteiger partial charge in [0.25, 0.3) is 0 Å². The SMILES string of the molecule is COCCNC(=O)CN(CC1CCCO1)C(=O)CCC(=O)Nc1nccs1.